The molecule has 6 heteroatoms. The molecule has 2 aromatic heterocycles. The zero-order chi connectivity index (χ0) is 18.1. The lowest BCUT2D eigenvalue weighted by atomic mass is 9.87. The van der Waals surface area contributed by atoms with Crippen LogP contribution in [0.15, 0.2) is 46.3 Å². The van der Waals surface area contributed by atoms with Crippen LogP contribution in [-0.2, 0) is 19.4 Å². The fourth-order valence-corrected chi connectivity index (χ4v) is 4.94. The van der Waals surface area contributed by atoms with Gasteiger partial charge >= 0.3 is 0 Å². The number of thiophene rings is 1. The number of aromatic nitrogens is 2. The zero-order valence-electron chi connectivity index (χ0n) is 15.4. The molecule has 0 radical (unpaired) electrons. The monoisotopic (exact) mass is 380 g/mol. The van der Waals surface area contributed by atoms with Gasteiger partial charge in [-0.2, -0.15) is 4.98 Å². The number of hydrogen-bond donors (Lipinski definition) is 0. The van der Waals surface area contributed by atoms with E-state index in [2.05, 4.69) is 44.2 Å². The summed E-state index contributed by atoms with van der Waals surface area (Å²) in [4.78, 5) is 10.7. The van der Waals surface area contributed by atoms with E-state index in [1.807, 2.05) is 17.5 Å². The molecule has 0 N–H and O–H groups in total. The number of benzene rings is 1. The van der Waals surface area contributed by atoms with Crippen molar-refractivity contribution in [3.63, 3.8) is 0 Å². The molecule has 2 aliphatic rings. The van der Waals surface area contributed by atoms with E-state index in [1.165, 1.54) is 19.3 Å². The minimum Gasteiger partial charge on any atom is -0.338 e. The Bertz CT molecular complexity index is 883. The fourth-order valence-electron chi connectivity index (χ4n) is 4.29. The van der Waals surface area contributed by atoms with Crippen LogP contribution in [0.25, 0.3) is 10.7 Å². The van der Waals surface area contributed by atoms with Crippen LogP contribution >= 0.6 is 11.3 Å². The molecule has 1 atom stereocenters. The summed E-state index contributed by atoms with van der Waals surface area (Å²) in [7, 11) is 0. The number of nitrogens with zero attached hydrogens (tertiary/aromatic N) is 4. The average molecular weight is 381 g/mol. The molecular formula is C21H24N4OS. The molecule has 3 heterocycles. The van der Waals surface area contributed by atoms with Crippen LogP contribution < -0.4 is 0 Å². The maximum atomic E-state index is 5.46. The summed E-state index contributed by atoms with van der Waals surface area (Å²) >= 11 is 1.64. The van der Waals surface area contributed by atoms with Gasteiger partial charge in [-0.05, 0) is 41.8 Å². The highest BCUT2D eigenvalue weighted by Gasteiger charge is 2.27. The number of fused-ring (bicyclic) bond motifs is 1. The summed E-state index contributed by atoms with van der Waals surface area (Å²) in [6.07, 6.45) is 3.70. The SMILES string of the molecule is c1csc(-c2noc(CN3CCN(C4CCc5ccccc5C4)CC3)n2)c1. The molecule has 1 aromatic carbocycles. The normalized spacial score (nSPS) is 21.3. The second kappa shape index (κ2) is 7.54. The van der Waals surface area contributed by atoms with Crippen molar-refractivity contribution in [1.29, 1.82) is 0 Å². The Morgan fingerprint density at radius 2 is 1.89 bits per heavy atom. The molecule has 1 saturated heterocycles. The first-order chi connectivity index (χ1) is 13.3. The van der Waals surface area contributed by atoms with Gasteiger partial charge in [-0.3, -0.25) is 9.80 Å². The lowest BCUT2D eigenvalue weighted by molar-refractivity contribution is 0.0795. The van der Waals surface area contributed by atoms with E-state index >= 15 is 0 Å². The second-order valence-corrected chi connectivity index (χ2v) is 8.41. The van der Waals surface area contributed by atoms with Crippen molar-refractivity contribution in [1.82, 2.24) is 19.9 Å². The quantitative estimate of drug-likeness (QED) is 0.693. The standard InChI is InChI=1S/C21H24N4OS/c1-2-5-17-14-18(8-7-16(17)4-1)25-11-9-24(10-12-25)15-20-22-21(23-26-20)19-6-3-13-27-19/h1-6,13,18H,7-12,14-15H2. The molecule has 1 aliphatic heterocycles. The van der Waals surface area contributed by atoms with Gasteiger partial charge in [-0.1, -0.05) is 35.5 Å². The maximum absolute atomic E-state index is 5.46. The molecule has 0 bridgehead atoms. The van der Waals surface area contributed by atoms with Gasteiger partial charge in [0.2, 0.25) is 11.7 Å². The zero-order valence-corrected chi connectivity index (χ0v) is 16.2. The van der Waals surface area contributed by atoms with Gasteiger partial charge in [0.15, 0.2) is 0 Å². The Morgan fingerprint density at radius 1 is 1.04 bits per heavy atom. The summed E-state index contributed by atoms with van der Waals surface area (Å²) in [5, 5.41) is 6.16. The topological polar surface area (TPSA) is 45.4 Å². The van der Waals surface area contributed by atoms with E-state index in [0.717, 1.165) is 43.5 Å². The van der Waals surface area contributed by atoms with Crippen molar-refractivity contribution in [3.8, 4) is 10.7 Å². The molecule has 1 unspecified atom stereocenters. The third kappa shape index (κ3) is 3.70. The van der Waals surface area contributed by atoms with E-state index < -0.39 is 0 Å². The van der Waals surface area contributed by atoms with Crippen LogP contribution in [0.2, 0.25) is 0 Å². The third-order valence-corrected chi connectivity index (χ3v) is 6.68. The number of piperazine rings is 1. The van der Waals surface area contributed by atoms with Crippen LogP contribution in [-0.4, -0.2) is 52.2 Å². The molecule has 3 aromatic rings. The maximum Gasteiger partial charge on any atom is 0.241 e. The van der Waals surface area contributed by atoms with Crippen LogP contribution in [0.1, 0.15) is 23.4 Å². The molecule has 0 spiro atoms. The number of rotatable bonds is 4. The first-order valence-electron chi connectivity index (χ1n) is 9.75. The molecule has 140 valence electrons. The van der Waals surface area contributed by atoms with Crippen LogP contribution in [0.4, 0.5) is 0 Å². The van der Waals surface area contributed by atoms with Gasteiger partial charge in [0.05, 0.1) is 11.4 Å². The summed E-state index contributed by atoms with van der Waals surface area (Å²) < 4.78 is 5.46. The summed E-state index contributed by atoms with van der Waals surface area (Å²) in [6.45, 7) is 5.13. The van der Waals surface area contributed by atoms with Gasteiger partial charge in [-0.15, -0.1) is 11.3 Å². The first-order valence-corrected chi connectivity index (χ1v) is 10.6. The fraction of sp³-hybridized carbons (Fsp3) is 0.429. The van der Waals surface area contributed by atoms with Crippen molar-refractivity contribution >= 4 is 11.3 Å². The largest absolute Gasteiger partial charge is 0.338 e. The summed E-state index contributed by atoms with van der Waals surface area (Å²) in [6, 6.07) is 13.7. The highest BCUT2D eigenvalue weighted by molar-refractivity contribution is 7.13. The Labute approximate surface area is 163 Å². The van der Waals surface area contributed by atoms with Gasteiger partial charge in [-0.25, -0.2) is 0 Å². The Morgan fingerprint density at radius 3 is 2.70 bits per heavy atom. The van der Waals surface area contributed by atoms with Crippen molar-refractivity contribution in [2.24, 2.45) is 0 Å². The van der Waals surface area contributed by atoms with E-state index in [0.29, 0.717) is 11.9 Å². The van der Waals surface area contributed by atoms with E-state index in [4.69, 9.17) is 4.52 Å². The Hall–Kier alpha value is -2.02. The van der Waals surface area contributed by atoms with Crippen LogP contribution in [0.5, 0.6) is 0 Å². The van der Waals surface area contributed by atoms with Crippen molar-refractivity contribution in [3.05, 3.63) is 58.8 Å². The molecule has 1 aliphatic carbocycles. The molecular weight excluding hydrogens is 356 g/mol. The van der Waals surface area contributed by atoms with Crippen LogP contribution in [0.3, 0.4) is 0 Å². The van der Waals surface area contributed by atoms with E-state index in [-0.39, 0.29) is 0 Å². The highest BCUT2D eigenvalue weighted by atomic mass is 32.1. The Kier molecular flexibility index (Phi) is 4.78. The van der Waals surface area contributed by atoms with Gasteiger partial charge in [0.25, 0.3) is 0 Å². The summed E-state index contributed by atoms with van der Waals surface area (Å²) in [5.41, 5.74) is 3.09. The lowest BCUT2D eigenvalue weighted by Gasteiger charge is -2.40. The van der Waals surface area contributed by atoms with E-state index in [9.17, 15) is 0 Å². The highest BCUT2D eigenvalue weighted by Crippen LogP contribution is 2.26. The average Bonchev–Trinajstić information content (AvgIpc) is 3.40. The summed E-state index contributed by atoms with van der Waals surface area (Å²) in [5.74, 6) is 1.43. The predicted octanol–water partition coefficient (Wildman–Crippen LogP) is 3.47. The van der Waals surface area contributed by atoms with Gasteiger partial charge in [0, 0.05) is 32.2 Å². The third-order valence-electron chi connectivity index (χ3n) is 5.81. The van der Waals surface area contributed by atoms with E-state index in [1.54, 1.807) is 22.5 Å². The lowest BCUT2D eigenvalue weighted by Crippen LogP contribution is -2.51. The minimum atomic E-state index is 0.691. The number of hydrogen-bond acceptors (Lipinski definition) is 6. The molecule has 5 nitrogen and oxygen atoms in total. The minimum absolute atomic E-state index is 0.691. The predicted molar refractivity (Wildman–Crippen MR) is 107 cm³/mol. The van der Waals surface area contributed by atoms with Gasteiger partial charge in [0.1, 0.15) is 0 Å². The number of aryl methyl sites for hydroxylation is 1. The van der Waals surface area contributed by atoms with Crippen molar-refractivity contribution < 1.29 is 4.52 Å². The molecule has 0 amide bonds. The molecule has 27 heavy (non-hydrogen) atoms. The van der Waals surface area contributed by atoms with Crippen molar-refractivity contribution in [2.45, 2.75) is 31.8 Å². The molecule has 1 fully saturated rings. The molecule has 0 saturated carbocycles. The second-order valence-electron chi connectivity index (χ2n) is 7.47. The first kappa shape index (κ1) is 17.1. The Balaban J connectivity index is 1.15. The smallest absolute Gasteiger partial charge is 0.241 e. The van der Waals surface area contributed by atoms with Gasteiger partial charge < -0.3 is 4.52 Å². The van der Waals surface area contributed by atoms with Crippen LogP contribution in [0, 0.1) is 0 Å². The molecule has 5 rings (SSSR count). The van der Waals surface area contributed by atoms with Crippen molar-refractivity contribution in [2.75, 3.05) is 26.2 Å².